The molecule has 92 valence electrons. The van der Waals surface area contributed by atoms with Crippen LogP contribution in [0.15, 0.2) is 47.6 Å². The summed E-state index contributed by atoms with van der Waals surface area (Å²) in [5.41, 5.74) is 1.36. The molecule has 18 heavy (non-hydrogen) atoms. The highest BCUT2D eigenvalue weighted by atomic mass is 19.1. The van der Waals surface area contributed by atoms with Gasteiger partial charge in [-0.05, 0) is 41.6 Å². The summed E-state index contributed by atoms with van der Waals surface area (Å²) >= 11 is 0. The summed E-state index contributed by atoms with van der Waals surface area (Å²) in [6.45, 7) is 0.276. The zero-order chi connectivity index (χ0) is 13.0. The molecule has 0 saturated carbocycles. The molecule has 2 aromatic rings. The van der Waals surface area contributed by atoms with E-state index in [9.17, 15) is 14.4 Å². The minimum absolute atomic E-state index is 0.0614. The Morgan fingerprint density at radius 2 is 2.06 bits per heavy atom. The molecule has 0 heterocycles. The van der Waals surface area contributed by atoms with Crippen molar-refractivity contribution >= 4 is 11.4 Å². The number of anilines is 1. The van der Waals surface area contributed by atoms with Gasteiger partial charge in [0, 0.05) is 17.8 Å². The maximum atomic E-state index is 12.9. The van der Waals surface area contributed by atoms with Crippen molar-refractivity contribution in [2.45, 2.75) is 6.54 Å². The van der Waals surface area contributed by atoms with Crippen molar-refractivity contribution < 1.29 is 9.50 Å². The summed E-state index contributed by atoms with van der Waals surface area (Å²) in [4.78, 5) is 10.4. The minimum atomic E-state index is -0.340. The van der Waals surface area contributed by atoms with E-state index in [2.05, 4.69) is 10.5 Å². The van der Waals surface area contributed by atoms with Gasteiger partial charge in [-0.25, -0.2) is 4.39 Å². The fourth-order valence-electron chi connectivity index (χ4n) is 1.57. The second kappa shape index (κ2) is 5.27. The predicted molar refractivity (Wildman–Crippen MR) is 67.3 cm³/mol. The van der Waals surface area contributed by atoms with Crippen LogP contribution in [-0.2, 0) is 6.54 Å². The normalized spacial score (nSPS) is 10.1. The highest BCUT2D eigenvalue weighted by Gasteiger charge is 2.03. The van der Waals surface area contributed by atoms with E-state index in [1.54, 1.807) is 12.1 Å². The van der Waals surface area contributed by atoms with Crippen LogP contribution in [0.2, 0.25) is 0 Å². The van der Waals surface area contributed by atoms with Gasteiger partial charge >= 0.3 is 0 Å². The first-order valence-electron chi connectivity index (χ1n) is 5.34. The third kappa shape index (κ3) is 2.82. The third-order valence-electron chi connectivity index (χ3n) is 2.48. The number of phenolic OH excluding ortho intramolecular Hbond substituents is 1. The Hall–Kier alpha value is -2.43. The van der Waals surface area contributed by atoms with Crippen molar-refractivity contribution in [3.8, 4) is 5.75 Å². The molecule has 0 radical (unpaired) electrons. The predicted octanol–water partition coefficient (Wildman–Crippen LogP) is 3.54. The molecule has 0 aliphatic heterocycles. The Kier molecular flexibility index (Phi) is 3.52. The van der Waals surface area contributed by atoms with Crippen LogP contribution in [0.1, 0.15) is 5.56 Å². The largest absolute Gasteiger partial charge is 0.508 e. The lowest BCUT2D eigenvalue weighted by atomic mass is 10.1. The van der Waals surface area contributed by atoms with E-state index in [4.69, 9.17) is 0 Å². The number of aromatic hydroxyl groups is 1. The summed E-state index contributed by atoms with van der Waals surface area (Å²) in [6.07, 6.45) is 0. The third-order valence-corrected chi connectivity index (χ3v) is 2.48. The first kappa shape index (κ1) is 12.0. The Bertz CT molecular complexity index is 573. The number of rotatable bonds is 4. The Labute approximate surface area is 103 Å². The summed E-state index contributed by atoms with van der Waals surface area (Å²) in [7, 11) is 0. The number of nitroso groups, excluding NO2 is 1. The molecule has 0 saturated heterocycles. The van der Waals surface area contributed by atoms with Gasteiger partial charge in [0.05, 0.1) is 0 Å². The van der Waals surface area contributed by atoms with Crippen LogP contribution < -0.4 is 5.32 Å². The van der Waals surface area contributed by atoms with Gasteiger partial charge in [-0.3, -0.25) is 0 Å². The lowest BCUT2D eigenvalue weighted by molar-refractivity contribution is 0.469. The van der Waals surface area contributed by atoms with Crippen molar-refractivity contribution in [2.24, 2.45) is 5.18 Å². The maximum Gasteiger partial charge on any atom is 0.125 e. The van der Waals surface area contributed by atoms with E-state index in [0.29, 0.717) is 11.3 Å². The van der Waals surface area contributed by atoms with Gasteiger partial charge in [0.15, 0.2) is 0 Å². The van der Waals surface area contributed by atoms with E-state index in [-0.39, 0.29) is 23.8 Å². The minimum Gasteiger partial charge on any atom is -0.508 e. The van der Waals surface area contributed by atoms with Crippen LogP contribution in [0, 0.1) is 10.7 Å². The number of hydrogen-bond donors (Lipinski definition) is 2. The first-order chi connectivity index (χ1) is 8.69. The molecule has 0 fully saturated rings. The summed E-state index contributed by atoms with van der Waals surface area (Å²) in [5, 5.41) is 15.3. The van der Waals surface area contributed by atoms with Gasteiger partial charge in [0.25, 0.3) is 0 Å². The van der Waals surface area contributed by atoms with Crippen LogP contribution in [0.3, 0.4) is 0 Å². The lowest BCUT2D eigenvalue weighted by Gasteiger charge is -2.08. The molecule has 0 amide bonds. The monoisotopic (exact) mass is 246 g/mol. The smallest absolute Gasteiger partial charge is 0.125 e. The molecule has 0 atom stereocenters. The van der Waals surface area contributed by atoms with Gasteiger partial charge < -0.3 is 10.4 Å². The molecule has 0 aliphatic rings. The van der Waals surface area contributed by atoms with E-state index >= 15 is 0 Å². The number of nitrogens with one attached hydrogen (secondary N) is 1. The van der Waals surface area contributed by atoms with Gasteiger partial charge in [-0.2, -0.15) is 0 Å². The standard InChI is InChI=1S/C13H11FN2O2/c14-10-2-1-3-11(7-10)15-8-9-6-12(16-18)4-5-13(9)17/h1-7,15,17H,8H2. The summed E-state index contributed by atoms with van der Waals surface area (Å²) in [5.74, 6) is -0.279. The highest BCUT2D eigenvalue weighted by Crippen LogP contribution is 2.24. The topological polar surface area (TPSA) is 61.7 Å². The van der Waals surface area contributed by atoms with Crippen LogP contribution in [0.4, 0.5) is 15.8 Å². The molecule has 2 N–H and O–H groups in total. The van der Waals surface area contributed by atoms with Crippen molar-refractivity contribution in [1.82, 2.24) is 0 Å². The average Bonchev–Trinajstić information content (AvgIpc) is 2.38. The zero-order valence-electron chi connectivity index (χ0n) is 9.43. The molecule has 0 bridgehead atoms. The molecule has 0 spiro atoms. The van der Waals surface area contributed by atoms with Crippen LogP contribution in [-0.4, -0.2) is 5.11 Å². The molecule has 0 aliphatic carbocycles. The zero-order valence-corrected chi connectivity index (χ0v) is 9.43. The Balaban J connectivity index is 2.12. The van der Waals surface area contributed by atoms with Gasteiger partial charge in [0.1, 0.15) is 17.3 Å². The average molecular weight is 246 g/mol. The quantitative estimate of drug-likeness (QED) is 0.811. The molecule has 0 aromatic heterocycles. The van der Waals surface area contributed by atoms with Gasteiger partial charge in [-0.15, -0.1) is 4.91 Å². The summed E-state index contributed by atoms with van der Waals surface area (Å²) < 4.78 is 12.9. The van der Waals surface area contributed by atoms with Crippen molar-refractivity contribution in [3.05, 3.63) is 58.8 Å². The van der Waals surface area contributed by atoms with Crippen LogP contribution >= 0.6 is 0 Å². The Morgan fingerprint density at radius 1 is 1.22 bits per heavy atom. The lowest BCUT2D eigenvalue weighted by Crippen LogP contribution is -1.99. The second-order valence-electron chi connectivity index (χ2n) is 3.77. The molecule has 2 rings (SSSR count). The highest BCUT2D eigenvalue weighted by molar-refractivity contribution is 5.49. The SMILES string of the molecule is O=Nc1ccc(O)c(CNc2cccc(F)c2)c1. The molecular formula is C13H11FN2O2. The number of phenols is 1. The van der Waals surface area contributed by atoms with E-state index < -0.39 is 0 Å². The fourth-order valence-corrected chi connectivity index (χ4v) is 1.57. The van der Waals surface area contributed by atoms with Crippen molar-refractivity contribution in [3.63, 3.8) is 0 Å². The van der Waals surface area contributed by atoms with Gasteiger partial charge in [-0.1, -0.05) is 6.07 Å². The maximum absolute atomic E-state index is 12.9. The fraction of sp³-hybridized carbons (Fsp3) is 0.0769. The van der Waals surface area contributed by atoms with E-state index in [0.717, 1.165) is 0 Å². The Morgan fingerprint density at radius 3 is 2.78 bits per heavy atom. The number of nitrogens with zero attached hydrogens (tertiary/aromatic N) is 1. The van der Waals surface area contributed by atoms with Gasteiger partial charge in [0.2, 0.25) is 0 Å². The number of halogens is 1. The van der Waals surface area contributed by atoms with Crippen LogP contribution in [0.5, 0.6) is 5.75 Å². The molecule has 5 heteroatoms. The van der Waals surface area contributed by atoms with Crippen LogP contribution in [0.25, 0.3) is 0 Å². The summed E-state index contributed by atoms with van der Waals surface area (Å²) in [6, 6.07) is 10.3. The van der Waals surface area contributed by atoms with E-state index in [1.807, 2.05) is 0 Å². The van der Waals surface area contributed by atoms with Crippen molar-refractivity contribution in [1.29, 1.82) is 0 Å². The first-order valence-corrected chi connectivity index (χ1v) is 5.34. The van der Waals surface area contributed by atoms with Crippen molar-refractivity contribution in [2.75, 3.05) is 5.32 Å². The molecule has 4 nitrogen and oxygen atoms in total. The molecule has 2 aromatic carbocycles. The molecular weight excluding hydrogens is 235 g/mol. The second-order valence-corrected chi connectivity index (χ2v) is 3.77. The molecule has 0 unspecified atom stereocenters. The number of hydrogen-bond acceptors (Lipinski definition) is 4. The number of benzene rings is 2. The van der Waals surface area contributed by atoms with E-state index in [1.165, 1.54) is 30.3 Å².